The van der Waals surface area contributed by atoms with Gasteiger partial charge in [0.05, 0.1) is 6.54 Å². The van der Waals surface area contributed by atoms with Crippen molar-refractivity contribution in [3.05, 3.63) is 0 Å². The molecule has 1 atom stereocenters. The maximum Gasteiger partial charge on any atom is 0.287 e. The van der Waals surface area contributed by atoms with Crippen LogP contribution >= 0.6 is 0 Å². The van der Waals surface area contributed by atoms with Crippen molar-refractivity contribution in [2.45, 2.75) is 37.6 Å². The predicted molar refractivity (Wildman–Crippen MR) is 62.5 cm³/mol. The van der Waals surface area contributed by atoms with E-state index < -0.39 is 31.0 Å². The Balaban J connectivity index is 1.88. The summed E-state index contributed by atoms with van der Waals surface area (Å²) in [5.74, 6) is -3.89. The Labute approximate surface area is 109 Å². The van der Waals surface area contributed by atoms with Gasteiger partial charge in [0.15, 0.2) is 0 Å². The molecule has 1 saturated heterocycles. The van der Waals surface area contributed by atoms with Gasteiger partial charge in [0.25, 0.3) is 5.92 Å². The van der Waals surface area contributed by atoms with Crippen molar-refractivity contribution in [2.24, 2.45) is 5.92 Å². The van der Waals surface area contributed by atoms with E-state index >= 15 is 0 Å². The lowest BCUT2D eigenvalue weighted by Crippen LogP contribution is -2.49. The first-order valence-corrected chi connectivity index (χ1v) is 6.51. The van der Waals surface area contributed by atoms with E-state index in [1.807, 2.05) is 0 Å². The van der Waals surface area contributed by atoms with Crippen LogP contribution < -0.4 is 5.32 Å². The summed E-state index contributed by atoms with van der Waals surface area (Å²) in [4.78, 5) is 25.3. The number of amides is 2. The molecule has 5 nitrogen and oxygen atoms in total. The Bertz CT molecular complexity index is 372. The third kappa shape index (κ3) is 3.40. The van der Waals surface area contributed by atoms with Gasteiger partial charge < -0.3 is 15.3 Å². The zero-order valence-electron chi connectivity index (χ0n) is 10.6. The molecule has 108 valence electrons. The number of rotatable bonds is 5. The van der Waals surface area contributed by atoms with Crippen LogP contribution in [-0.2, 0) is 9.59 Å². The smallest absolute Gasteiger partial charge is 0.287 e. The van der Waals surface area contributed by atoms with Gasteiger partial charge in [-0.15, -0.1) is 0 Å². The Morgan fingerprint density at radius 2 is 2.00 bits per heavy atom. The minimum Gasteiger partial charge on any atom is -0.390 e. The highest BCUT2D eigenvalue weighted by atomic mass is 19.3. The monoisotopic (exact) mass is 276 g/mol. The standard InChI is InChI=1S/C12H18F2N2O3/c13-12(14,7-17)6-15-10(18)9-2-1-5-16(9)11(19)8-3-4-8/h8-9,17H,1-7H2,(H,15,18). The number of likely N-dealkylation sites (tertiary alicyclic amines) is 1. The third-order valence-corrected chi connectivity index (χ3v) is 3.52. The molecule has 0 aromatic rings. The molecule has 1 heterocycles. The number of nitrogens with one attached hydrogen (secondary N) is 1. The summed E-state index contributed by atoms with van der Waals surface area (Å²) in [7, 11) is 0. The van der Waals surface area contributed by atoms with Gasteiger partial charge in [-0.1, -0.05) is 0 Å². The SMILES string of the molecule is O=C(NCC(F)(F)CO)C1CCCN1C(=O)C1CC1. The van der Waals surface area contributed by atoms with Crippen molar-refractivity contribution in [1.29, 1.82) is 0 Å². The lowest BCUT2D eigenvalue weighted by atomic mass is 10.2. The number of hydrogen-bond acceptors (Lipinski definition) is 3. The Morgan fingerprint density at radius 1 is 1.32 bits per heavy atom. The summed E-state index contributed by atoms with van der Waals surface area (Å²) in [6.07, 6.45) is 2.93. The summed E-state index contributed by atoms with van der Waals surface area (Å²) in [5.41, 5.74) is 0. The van der Waals surface area contributed by atoms with Crippen LogP contribution in [0.3, 0.4) is 0 Å². The second-order valence-corrected chi connectivity index (χ2v) is 5.20. The molecule has 1 unspecified atom stereocenters. The van der Waals surface area contributed by atoms with Crippen LogP contribution in [-0.4, -0.2) is 53.5 Å². The van der Waals surface area contributed by atoms with Crippen LogP contribution in [0.2, 0.25) is 0 Å². The molecule has 2 amide bonds. The van der Waals surface area contributed by atoms with Crippen LogP contribution in [0, 0.1) is 5.92 Å². The summed E-state index contributed by atoms with van der Waals surface area (Å²) in [6.45, 7) is -1.68. The first-order valence-electron chi connectivity index (χ1n) is 6.51. The van der Waals surface area contributed by atoms with Crippen LogP contribution in [0.5, 0.6) is 0 Å². The summed E-state index contributed by atoms with van der Waals surface area (Å²) < 4.78 is 25.7. The van der Waals surface area contributed by atoms with Crippen molar-refractivity contribution in [3.8, 4) is 0 Å². The maximum atomic E-state index is 12.8. The highest BCUT2D eigenvalue weighted by Crippen LogP contribution is 2.33. The molecule has 2 rings (SSSR count). The van der Waals surface area contributed by atoms with Gasteiger partial charge in [-0.25, -0.2) is 8.78 Å². The molecule has 7 heteroatoms. The van der Waals surface area contributed by atoms with Crippen LogP contribution in [0.15, 0.2) is 0 Å². The molecule has 0 aromatic heterocycles. The Hall–Kier alpha value is -1.24. The molecule has 1 saturated carbocycles. The summed E-state index contributed by atoms with van der Waals surface area (Å²) in [5, 5.41) is 10.5. The second-order valence-electron chi connectivity index (χ2n) is 5.20. The van der Waals surface area contributed by atoms with Gasteiger partial charge in [-0.05, 0) is 25.7 Å². The van der Waals surface area contributed by atoms with Crippen LogP contribution in [0.1, 0.15) is 25.7 Å². The van der Waals surface area contributed by atoms with Crippen molar-refractivity contribution >= 4 is 11.8 Å². The van der Waals surface area contributed by atoms with E-state index in [1.54, 1.807) is 0 Å². The number of aliphatic hydroxyl groups excluding tert-OH is 1. The van der Waals surface area contributed by atoms with Crippen LogP contribution in [0.4, 0.5) is 8.78 Å². The molecule has 19 heavy (non-hydrogen) atoms. The van der Waals surface area contributed by atoms with E-state index in [-0.39, 0.29) is 11.8 Å². The summed E-state index contributed by atoms with van der Waals surface area (Å²) >= 11 is 0. The molecule has 1 aliphatic carbocycles. The van der Waals surface area contributed by atoms with Gasteiger partial charge in [0, 0.05) is 12.5 Å². The van der Waals surface area contributed by atoms with E-state index in [1.165, 1.54) is 4.90 Å². The molecular formula is C12H18F2N2O3. The molecule has 1 aliphatic heterocycles. The van der Waals surface area contributed by atoms with E-state index in [0.717, 1.165) is 12.8 Å². The number of hydrogen-bond donors (Lipinski definition) is 2. The summed E-state index contributed by atoms with van der Waals surface area (Å²) in [6, 6.07) is -0.636. The highest BCUT2D eigenvalue weighted by molar-refractivity contribution is 5.90. The fourth-order valence-electron chi connectivity index (χ4n) is 2.26. The number of carbonyl (C=O) groups is 2. The van der Waals surface area contributed by atoms with Gasteiger partial charge in [0.1, 0.15) is 12.6 Å². The predicted octanol–water partition coefficient (Wildman–Crippen LogP) is 0.131. The van der Waals surface area contributed by atoms with Crippen LogP contribution in [0.25, 0.3) is 0 Å². The van der Waals surface area contributed by atoms with E-state index in [0.29, 0.717) is 19.4 Å². The van der Waals surface area contributed by atoms with Gasteiger partial charge in [-0.2, -0.15) is 0 Å². The fourth-order valence-corrected chi connectivity index (χ4v) is 2.26. The van der Waals surface area contributed by atoms with Gasteiger partial charge in [-0.3, -0.25) is 9.59 Å². The quantitative estimate of drug-likeness (QED) is 0.750. The normalized spacial score (nSPS) is 23.5. The minimum absolute atomic E-state index is 0.0206. The largest absolute Gasteiger partial charge is 0.390 e. The molecule has 2 aliphatic rings. The Morgan fingerprint density at radius 3 is 2.58 bits per heavy atom. The first kappa shape index (κ1) is 14.2. The topological polar surface area (TPSA) is 69.6 Å². The van der Waals surface area contributed by atoms with E-state index in [2.05, 4.69) is 5.32 Å². The van der Waals surface area contributed by atoms with Crippen molar-refractivity contribution in [1.82, 2.24) is 10.2 Å². The number of halogens is 2. The number of nitrogens with zero attached hydrogens (tertiary/aromatic N) is 1. The molecule has 0 bridgehead atoms. The minimum atomic E-state index is -3.32. The molecular weight excluding hydrogens is 258 g/mol. The second kappa shape index (κ2) is 5.40. The fraction of sp³-hybridized carbons (Fsp3) is 0.833. The molecule has 2 fully saturated rings. The van der Waals surface area contributed by atoms with Crippen molar-refractivity contribution in [2.75, 3.05) is 19.7 Å². The number of carbonyl (C=O) groups excluding carboxylic acids is 2. The molecule has 0 spiro atoms. The lowest BCUT2D eigenvalue weighted by Gasteiger charge is -2.24. The average Bonchev–Trinajstić information content (AvgIpc) is 3.12. The zero-order chi connectivity index (χ0) is 14.0. The van der Waals surface area contributed by atoms with Gasteiger partial charge >= 0.3 is 0 Å². The van der Waals surface area contributed by atoms with E-state index in [9.17, 15) is 18.4 Å². The maximum absolute atomic E-state index is 12.8. The molecule has 0 radical (unpaired) electrons. The average molecular weight is 276 g/mol. The first-order chi connectivity index (χ1) is 8.94. The highest BCUT2D eigenvalue weighted by Gasteiger charge is 2.41. The Kier molecular flexibility index (Phi) is 4.03. The van der Waals surface area contributed by atoms with Gasteiger partial charge in [0.2, 0.25) is 11.8 Å². The number of alkyl halides is 2. The molecule has 2 N–H and O–H groups in total. The van der Waals surface area contributed by atoms with E-state index in [4.69, 9.17) is 5.11 Å². The van der Waals surface area contributed by atoms with Crippen molar-refractivity contribution < 1.29 is 23.5 Å². The molecule has 0 aromatic carbocycles. The zero-order valence-corrected chi connectivity index (χ0v) is 10.6. The lowest BCUT2D eigenvalue weighted by molar-refractivity contribution is -0.140. The number of aliphatic hydroxyl groups is 1. The van der Waals surface area contributed by atoms with Crippen molar-refractivity contribution in [3.63, 3.8) is 0 Å². The third-order valence-electron chi connectivity index (χ3n) is 3.52.